The van der Waals surface area contributed by atoms with E-state index in [1.165, 1.54) is 5.01 Å². The molecule has 6 nitrogen and oxygen atoms in total. The third-order valence-electron chi connectivity index (χ3n) is 5.39. The Labute approximate surface area is 172 Å². The Morgan fingerprint density at radius 2 is 1.83 bits per heavy atom. The van der Waals surface area contributed by atoms with Crippen LogP contribution in [0.5, 0.6) is 0 Å². The van der Waals surface area contributed by atoms with Crippen LogP contribution in [0.15, 0.2) is 59.7 Å². The first-order chi connectivity index (χ1) is 14.2. The van der Waals surface area contributed by atoms with E-state index in [0.29, 0.717) is 30.8 Å². The van der Waals surface area contributed by atoms with E-state index in [-0.39, 0.29) is 17.9 Å². The fourth-order valence-electron chi connectivity index (χ4n) is 3.94. The Morgan fingerprint density at radius 3 is 2.66 bits per heavy atom. The molecule has 2 aliphatic rings. The van der Waals surface area contributed by atoms with E-state index in [1.807, 2.05) is 53.4 Å². The molecule has 1 fully saturated rings. The Balaban J connectivity index is 1.43. The third kappa shape index (κ3) is 3.31. The molecule has 1 aromatic heterocycles. The molecule has 5 rings (SSSR count). The number of carbonyl (C=O) groups excluding carboxylic acids is 2. The van der Waals surface area contributed by atoms with Crippen molar-refractivity contribution in [1.29, 1.82) is 0 Å². The van der Waals surface area contributed by atoms with Crippen molar-refractivity contribution in [2.75, 3.05) is 11.6 Å². The lowest BCUT2D eigenvalue weighted by Crippen LogP contribution is -2.41. The zero-order chi connectivity index (χ0) is 19.8. The van der Waals surface area contributed by atoms with Crippen LogP contribution in [0.3, 0.4) is 0 Å². The first-order valence-corrected chi connectivity index (χ1v) is 10.6. The molecular formula is C22H20N4O2S. The molecule has 0 aliphatic carbocycles. The number of rotatable bonds is 3. The molecule has 0 unspecified atom stereocenters. The zero-order valence-electron chi connectivity index (χ0n) is 15.8. The van der Waals surface area contributed by atoms with Crippen LogP contribution in [-0.4, -0.2) is 34.0 Å². The number of hydrogen-bond acceptors (Lipinski definition) is 5. The van der Waals surface area contributed by atoms with Gasteiger partial charge in [-0.15, -0.1) is 11.3 Å². The lowest BCUT2D eigenvalue weighted by atomic mass is 10.1. The fraction of sp³-hybridized carbons (Fsp3) is 0.273. The Kier molecular flexibility index (Phi) is 4.60. The van der Waals surface area contributed by atoms with E-state index >= 15 is 0 Å². The first kappa shape index (κ1) is 18.0. The number of benzene rings is 2. The van der Waals surface area contributed by atoms with Crippen molar-refractivity contribution in [3.05, 3.63) is 59.6 Å². The highest BCUT2D eigenvalue weighted by molar-refractivity contribution is 7.18. The molecule has 0 bridgehead atoms. The normalized spacial score (nSPS) is 19.7. The molecule has 0 spiro atoms. The van der Waals surface area contributed by atoms with Crippen molar-refractivity contribution in [1.82, 2.24) is 9.88 Å². The molecule has 0 saturated carbocycles. The summed E-state index contributed by atoms with van der Waals surface area (Å²) in [6.45, 7) is 0.692. The van der Waals surface area contributed by atoms with Crippen LogP contribution in [0, 0.1) is 0 Å². The number of nitrogens with zero attached hydrogens (tertiary/aromatic N) is 4. The van der Waals surface area contributed by atoms with Gasteiger partial charge in [0.1, 0.15) is 10.7 Å². The molecule has 2 aromatic carbocycles. The number of hydrazone groups is 1. The zero-order valence-corrected chi connectivity index (χ0v) is 16.6. The predicted molar refractivity (Wildman–Crippen MR) is 114 cm³/mol. The van der Waals surface area contributed by atoms with Gasteiger partial charge in [-0.05, 0) is 37.1 Å². The summed E-state index contributed by atoms with van der Waals surface area (Å²) in [6, 6.07) is 17.3. The molecule has 29 heavy (non-hydrogen) atoms. The smallest absolute Gasteiger partial charge is 0.270 e. The second-order valence-electron chi connectivity index (χ2n) is 7.26. The largest absolute Gasteiger partial charge is 0.328 e. The number of amides is 2. The van der Waals surface area contributed by atoms with E-state index in [4.69, 9.17) is 4.98 Å². The SMILES string of the molecule is O=C1CCC(C(=O)N2CCC[C@@H]2c2nc3ccccc3s2)=NN1c1ccccc1. The number of hydrogen-bond donors (Lipinski definition) is 0. The second-order valence-corrected chi connectivity index (χ2v) is 8.33. The standard InChI is InChI=1S/C22H20N4O2S/c27-20-13-12-17(24-26(20)15-7-2-1-3-8-15)22(28)25-14-6-10-18(25)21-23-16-9-4-5-11-19(16)29-21/h1-5,7-9,11,18H,6,10,12-14H2/t18-/m1/s1. The fourth-order valence-corrected chi connectivity index (χ4v) is 5.06. The van der Waals surface area contributed by atoms with Gasteiger partial charge >= 0.3 is 0 Å². The molecule has 7 heteroatoms. The molecule has 3 heterocycles. The maximum atomic E-state index is 13.3. The summed E-state index contributed by atoms with van der Waals surface area (Å²) in [7, 11) is 0. The van der Waals surface area contributed by atoms with E-state index < -0.39 is 0 Å². The van der Waals surface area contributed by atoms with Crippen molar-refractivity contribution in [2.24, 2.45) is 5.10 Å². The van der Waals surface area contributed by atoms with Crippen LogP contribution in [-0.2, 0) is 9.59 Å². The summed E-state index contributed by atoms with van der Waals surface area (Å²) < 4.78 is 1.14. The number of thiazole rings is 1. The van der Waals surface area contributed by atoms with E-state index in [2.05, 4.69) is 11.2 Å². The van der Waals surface area contributed by atoms with Gasteiger partial charge in [-0.2, -0.15) is 5.10 Å². The minimum atomic E-state index is -0.0862. The summed E-state index contributed by atoms with van der Waals surface area (Å²) in [5.74, 6) is -0.169. The molecular weight excluding hydrogens is 384 g/mol. The maximum Gasteiger partial charge on any atom is 0.270 e. The Hall–Kier alpha value is -3.06. The topological polar surface area (TPSA) is 65.9 Å². The van der Waals surface area contributed by atoms with Gasteiger partial charge in [-0.25, -0.2) is 9.99 Å². The van der Waals surface area contributed by atoms with Gasteiger partial charge in [-0.3, -0.25) is 9.59 Å². The molecule has 1 atom stereocenters. The van der Waals surface area contributed by atoms with E-state index in [1.54, 1.807) is 11.3 Å². The Bertz CT molecular complexity index is 1080. The van der Waals surface area contributed by atoms with Crippen LogP contribution in [0.2, 0.25) is 0 Å². The van der Waals surface area contributed by atoms with Gasteiger partial charge in [0, 0.05) is 19.4 Å². The van der Waals surface area contributed by atoms with Gasteiger partial charge < -0.3 is 4.90 Å². The monoisotopic (exact) mass is 404 g/mol. The molecule has 1 saturated heterocycles. The first-order valence-electron chi connectivity index (χ1n) is 9.82. The van der Waals surface area contributed by atoms with Crippen LogP contribution in [0.4, 0.5) is 5.69 Å². The van der Waals surface area contributed by atoms with Gasteiger partial charge in [-0.1, -0.05) is 30.3 Å². The predicted octanol–water partition coefficient (Wildman–Crippen LogP) is 4.14. The highest BCUT2D eigenvalue weighted by Gasteiger charge is 2.36. The van der Waals surface area contributed by atoms with Crippen molar-refractivity contribution in [3.8, 4) is 0 Å². The van der Waals surface area contributed by atoms with Crippen molar-refractivity contribution in [2.45, 2.75) is 31.7 Å². The van der Waals surface area contributed by atoms with Crippen LogP contribution >= 0.6 is 11.3 Å². The van der Waals surface area contributed by atoms with Crippen molar-refractivity contribution < 1.29 is 9.59 Å². The average molecular weight is 404 g/mol. The minimum absolute atomic E-state index is 0.0228. The quantitative estimate of drug-likeness (QED) is 0.659. The molecule has 0 N–H and O–H groups in total. The highest BCUT2D eigenvalue weighted by atomic mass is 32.1. The Morgan fingerprint density at radius 1 is 1.03 bits per heavy atom. The van der Waals surface area contributed by atoms with Gasteiger partial charge in [0.25, 0.3) is 5.91 Å². The second kappa shape index (κ2) is 7.40. The van der Waals surface area contributed by atoms with Gasteiger partial charge in [0.15, 0.2) is 0 Å². The molecule has 2 aliphatic heterocycles. The van der Waals surface area contributed by atoms with Gasteiger partial charge in [0.2, 0.25) is 5.91 Å². The number of anilines is 1. The summed E-state index contributed by atoms with van der Waals surface area (Å²) in [6.07, 6.45) is 2.52. The number of fused-ring (bicyclic) bond motifs is 1. The van der Waals surface area contributed by atoms with Crippen molar-refractivity contribution in [3.63, 3.8) is 0 Å². The van der Waals surface area contributed by atoms with Crippen LogP contribution in [0.1, 0.15) is 36.7 Å². The molecule has 2 amide bonds. The lowest BCUT2D eigenvalue weighted by Gasteiger charge is -2.27. The number of para-hydroxylation sites is 2. The van der Waals surface area contributed by atoms with Crippen LogP contribution in [0.25, 0.3) is 10.2 Å². The molecule has 146 valence electrons. The summed E-state index contributed by atoms with van der Waals surface area (Å²) >= 11 is 1.65. The summed E-state index contributed by atoms with van der Waals surface area (Å²) in [5.41, 5.74) is 2.11. The van der Waals surface area contributed by atoms with E-state index in [0.717, 1.165) is 28.1 Å². The van der Waals surface area contributed by atoms with Crippen molar-refractivity contribution >= 4 is 44.8 Å². The van der Waals surface area contributed by atoms with Gasteiger partial charge in [0.05, 0.1) is 21.9 Å². The number of aromatic nitrogens is 1. The number of carbonyl (C=O) groups is 2. The average Bonchev–Trinajstić information content (AvgIpc) is 3.41. The van der Waals surface area contributed by atoms with E-state index in [9.17, 15) is 9.59 Å². The summed E-state index contributed by atoms with van der Waals surface area (Å²) in [5, 5.41) is 6.78. The lowest BCUT2D eigenvalue weighted by molar-refractivity contribution is -0.125. The minimum Gasteiger partial charge on any atom is -0.328 e. The summed E-state index contributed by atoms with van der Waals surface area (Å²) in [4.78, 5) is 32.3. The number of likely N-dealkylation sites (tertiary alicyclic amines) is 1. The van der Waals surface area contributed by atoms with Crippen LogP contribution < -0.4 is 5.01 Å². The molecule has 0 radical (unpaired) electrons. The molecule has 3 aromatic rings. The third-order valence-corrected chi connectivity index (χ3v) is 6.53. The maximum absolute atomic E-state index is 13.3. The highest BCUT2D eigenvalue weighted by Crippen LogP contribution is 2.37.